The molecule has 0 radical (unpaired) electrons. The molecule has 0 N–H and O–H groups in total. The van der Waals surface area contributed by atoms with Crippen molar-refractivity contribution in [3.8, 4) is 5.69 Å². The predicted octanol–water partition coefficient (Wildman–Crippen LogP) is 4.21. The second-order valence-electron chi connectivity index (χ2n) is 4.20. The molecule has 3 rings (SSSR count). The molecule has 0 atom stereocenters. The van der Waals surface area contributed by atoms with Gasteiger partial charge in [0.1, 0.15) is 5.03 Å². The second kappa shape index (κ2) is 5.64. The Hall–Kier alpha value is -1.85. The number of para-hydroxylation sites is 1. The molecule has 3 nitrogen and oxygen atoms in total. The third-order valence-corrected chi connectivity index (χ3v) is 5.00. The minimum atomic E-state index is 0.659. The third kappa shape index (κ3) is 2.42. The summed E-state index contributed by atoms with van der Waals surface area (Å²) in [5.41, 5.74) is 2.37. The molecule has 3 aromatic rings. The lowest BCUT2D eigenvalue weighted by atomic mass is 10.3. The Labute approximate surface area is 125 Å². The van der Waals surface area contributed by atoms with Gasteiger partial charge in [0, 0.05) is 0 Å². The van der Waals surface area contributed by atoms with Crippen LogP contribution in [0.1, 0.15) is 16.1 Å². The fourth-order valence-electron chi connectivity index (χ4n) is 1.91. The first kappa shape index (κ1) is 13.1. The summed E-state index contributed by atoms with van der Waals surface area (Å²) in [6.07, 6.45) is 0.887. The number of hydrogen-bond acceptors (Lipinski definition) is 4. The molecule has 1 aromatic carbocycles. The summed E-state index contributed by atoms with van der Waals surface area (Å²) >= 11 is 3.23. The van der Waals surface area contributed by atoms with Crippen molar-refractivity contribution in [2.75, 3.05) is 0 Å². The molecule has 0 saturated carbocycles. The molecular formula is C15H12N2OS2. The van der Waals surface area contributed by atoms with Crippen molar-refractivity contribution < 1.29 is 4.79 Å². The zero-order chi connectivity index (χ0) is 13.9. The summed E-state index contributed by atoms with van der Waals surface area (Å²) in [4.78, 5) is 11.4. The predicted molar refractivity (Wildman–Crippen MR) is 82.1 cm³/mol. The summed E-state index contributed by atoms with van der Waals surface area (Å²) in [7, 11) is 0. The molecule has 0 bridgehead atoms. The average Bonchev–Trinajstić information content (AvgIpc) is 3.08. The highest BCUT2D eigenvalue weighted by atomic mass is 32.2. The summed E-state index contributed by atoms with van der Waals surface area (Å²) < 4.78 is 2.98. The minimum Gasteiger partial charge on any atom is -0.298 e. The van der Waals surface area contributed by atoms with Crippen LogP contribution in [0.25, 0.3) is 5.69 Å². The van der Waals surface area contributed by atoms with Crippen molar-refractivity contribution in [3.63, 3.8) is 0 Å². The Morgan fingerprint density at radius 3 is 2.65 bits per heavy atom. The van der Waals surface area contributed by atoms with E-state index in [1.165, 1.54) is 0 Å². The fraction of sp³-hybridized carbons (Fsp3) is 0.0667. The maximum Gasteiger partial charge on any atom is 0.154 e. The van der Waals surface area contributed by atoms with Crippen molar-refractivity contribution in [1.82, 2.24) is 9.78 Å². The maximum atomic E-state index is 11.4. The van der Waals surface area contributed by atoms with Crippen LogP contribution in [0.4, 0.5) is 0 Å². The Kier molecular flexibility index (Phi) is 3.71. The number of hydrogen-bond donors (Lipinski definition) is 0. The molecule has 0 amide bonds. The van der Waals surface area contributed by atoms with Gasteiger partial charge in [-0.2, -0.15) is 5.10 Å². The molecule has 2 heterocycles. The molecule has 0 unspecified atom stereocenters. The van der Waals surface area contributed by atoms with Crippen molar-refractivity contribution in [1.29, 1.82) is 0 Å². The third-order valence-electron chi connectivity index (χ3n) is 2.87. The molecule has 0 aliphatic heterocycles. The molecule has 0 saturated heterocycles. The molecule has 2 aromatic heterocycles. The minimum absolute atomic E-state index is 0.659. The lowest BCUT2D eigenvalue weighted by Gasteiger charge is -2.06. The van der Waals surface area contributed by atoms with Crippen molar-refractivity contribution in [2.45, 2.75) is 16.2 Å². The van der Waals surface area contributed by atoms with Crippen molar-refractivity contribution in [2.24, 2.45) is 0 Å². The van der Waals surface area contributed by atoms with Gasteiger partial charge in [0.25, 0.3) is 0 Å². The molecule has 20 heavy (non-hydrogen) atoms. The first-order chi connectivity index (χ1) is 9.79. The van der Waals surface area contributed by atoms with Gasteiger partial charge in [0.15, 0.2) is 6.29 Å². The van der Waals surface area contributed by atoms with E-state index < -0.39 is 0 Å². The van der Waals surface area contributed by atoms with E-state index in [4.69, 9.17) is 0 Å². The summed E-state index contributed by atoms with van der Waals surface area (Å²) in [5.74, 6) is 0. The topological polar surface area (TPSA) is 34.9 Å². The summed E-state index contributed by atoms with van der Waals surface area (Å²) in [6, 6.07) is 13.9. The molecule has 0 spiro atoms. The molecular weight excluding hydrogens is 288 g/mol. The van der Waals surface area contributed by atoms with Gasteiger partial charge in [-0.15, -0.1) is 11.3 Å². The largest absolute Gasteiger partial charge is 0.298 e. The van der Waals surface area contributed by atoms with Crippen LogP contribution in [0.2, 0.25) is 0 Å². The second-order valence-corrected chi connectivity index (χ2v) is 6.44. The van der Waals surface area contributed by atoms with E-state index in [1.807, 2.05) is 59.5 Å². The van der Waals surface area contributed by atoms with Crippen LogP contribution in [0, 0.1) is 6.92 Å². The average molecular weight is 300 g/mol. The first-order valence-electron chi connectivity index (χ1n) is 6.11. The highest BCUT2D eigenvalue weighted by Crippen LogP contribution is 2.35. The first-order valence-corrected chi connectivity index (χ1v) is 7.81. The monoisotopic (exact) mass is 300 g/mol. The number of benzene rings is 1. The number of thiophene rings is 1. The van der Waals surface area contributed by atoms with E-state index in [1.54, 1.807) is 23.1 Å². The van der Waals surface area contributed by atoms with Gasteiger partial charge in [0.05, 0.1) is 21.2 Å². The quantitative estimate of drug-likeness (QED) is 0.677. The Balaban J connectivity index is 2.12. The SMILES string of the molecule is Cc1nn(-c2ccccc2)c(Sc2cccs2)c1C=O. The lowest BCUT2D eigenvalue weighted by Crippen LogP contribution is -1.98. The number of carbonyl (C=O) groups is 1. The van der Waals surface area contributed by atoms with Crippen LogP contribution >= 0.6 is 23.1 Å². The number of aldehydes is 1. The summed E-state index contributed by atoms with van der Waals surface area (Å²) in [6.45, 7) is 1.86. The zero-order valence-electron chi connectivity index (χ0n) is 10.8. The maximum absolute atomic E-state index is 11.4. The normalized spacial score (nSPS) is 10.7. The number of nitrogens with zero attached hydrogens (tertiary/aromatic N) is 2. The molecule has 0 aliphatic rings. The van der Waals surface area contributed by atoms with Crippen molar-refractivity contribution >= 4 is 29.4 Å². The van der Waals surface area contributed by atoms with Crippen LogP contribution in [0.15, 0.2) is 57.1 Å². The van der Waals surface area contributed by atoms with Crippen molar-refractivity contribution in [3.05, 3.63) is 59.1 Å². The number of carbonyl (C=O) groups excluding carboxylic acids is 1. The Bertz CT molecular complexity index is 718. The van der Waals surface area contributed by atoms with Crippen LogP contribution in [0.3, 0.4) is 0 Å². The van der Waals surface area contributed by atoms with Crippen LogP contribution < -0.4 is 0 Å². The molecule has 0 fully saturated rings. The number of aromatic nitrogens is 2. The van der Waals surface area contributed by atoms with E-state index in [0.717, 1.165) is 26.9 Å². The lowest BCUT2D eigenvalue weighted by molar-refractivity contribution is 0.112. The van der Waals surface area contributed by atoms with Crippen LogP contribution in [-0.4, -0.2) is 16.1 Å². The van der Waals surface area contributed by atoms with E-state index in [-0.39, 0.29) is 0 Å². The number of rotatable bonds is 4. The van der Waals surface area contributed by atoms with Gasteiger partial charge in [-0.25, -0.2) is 4.68 Å². The summed E-state index contributed by atoms with van der Waals surface area (Å²) in [5, 5.41) is 7.40. The Morgan fingerprint density at radius 1 is 1.20 bits per heavy atom. The standard InChI is InChI=1S/C15H12N2OS2/c1-11-13(10-18)15(20-14-8-5-9-19-14)17(16-11)12-6-3-2-4-7-12/h2-10H,1H3. The van der Waals surface area contributed by atoms with Gasteiger partial charge < -0.3 is 0 Å². The van der Waals surface area contributed by atoms with Gasteiger partial charge in [-0.05, 0) is 30.5 Å². The highest BCUT2D eigenvalue weighted by Gasteiger charge is 2.17. The van der Waals surface area contributed by atoms with E-state index in [9.17, 15) is 4.79 Å². The Morgan fingerprint density at radius 2 is 2.00 bits per heavy atom. The van der Waals surface area contributed by atoms with Gasteiger partial charge in [-0.1, -0.05) is 36.0 Å². The van der Waals surface area contributed by atoms with E-state index in [0.29, 0.717) is 5.56 Å². The number of aryl methyl sites for hydroxylation is 1. The molecule has 100 valence electrons. The van der Waals surface area contributed by atoms with Gasteiger partial charge in [-0.3, -0.25) is 4.79 Å². The van der Waals surface area contributed by atoms with Crippen LogP contribution in [-0.2, 0) is 0 Å². The van der Waals surface area contributed by atoms with E-state index >= 15 is 0 Å². The zero-order valence-corrected chi connectivity index (χ0v) is 12.4. The van der Waals surface area contributed by atoms with Gasteiger partial charge >= 0.3 is 0 Å². The van der Waals surface area contributed by atoms with E-state index in [2.05, 4.69) is 5.10 Å². The fourth-order valence-corrected chi connectivity index (χ4v) is 3.83. The highest BCUT2D eigenvalue weighted by molar-refractivity contribution is 8.01. The smallest absolute Gasteiger partial charge is 0.154 e. The van der Waals surface area contributed by atoms with Crippen LogP contribution in [0.5, 0.6) is 0 Å². The van der Waals surface area contributed by atoms with Gasteiger partial charge in [0.2, 0.25) is 0 Å². The molecule has 0 aliphatic carbocycles. The molecule has 5 heteroatoms.